The van der Waals surface area contributed by atoms with E-state index >= 15 is 0 Å². The monoisotopic (exact) mass is 463 g/mol. The molecule has 0 unspecified atom stereocenters. The largest absolute Gasteiger partial charge is 0.416 e. The lowest BCUT2D eigenvalue weighted by molar-refractivity contribution is -0.0889. The van der Waals surface area contributed by atoms with Crippen molar-refractivity contribution in [3.05, 3.63) is 82.4 Å². The van der Waals surface area contributed by atoms with Crippen molar-refractivity contribution in [2.75, 3.05) is 14.1 Å². The summed E-state index contributed by atoms with van der Waals surface area (Å²) in [5.74, 6) is 0.626. The van der Waals surface area contributed by atoms with Crippen LogP contribution < -0.4 is 5.32 Å². The first-order valence-electron chi connectivity index (χ1n) is 9.91. The first-order chi connectivity index (χ1) is 15.1. The van der Waals surface area contributed by atoms with E-state index in [1.165, 1.54) is 12.2 Å². The summed E-state index contributed by atoms with van der Waals surface area (Å²) in [6.45, 7) is 8.57. The number of amides is 1. The summed E-state index contributed by atoms with van der Waals surface area (Å²) in [7, 11) is 3.44. The van der Waals surface area contributed by atoms with Gasteiger partial charge in [-0.1, -0.05) is 43.9 Å². The maximum Gasteiger partial charge on any atom is 0.416 e. The summed E-state index contributed by atoms with van der Waals surface area (Å²) in [5, 5.41) is 2.62. The minimum absolute atomic E-state index is 0.0886. The van der Waals surface area contributed by atoms with Crippen LogP contribution in [0.2, 0.25) is 0 Å². The van der Waals surface area contributed by atoms with Crippen molar-refractivity contribution < 1.29 is 18.0 Å². The third-order valence-corrected chi connectivity index (χ3v) is 5.21. The highest BCUT2D eigenvalue weighted by atomic mass is 32.2. The normalized spacial score (nSPS) is 22.2. The molecule has 2 aliphatic rings. The highest BCUT2D eigenvalue weighted by Crippen LogP contribution is 2.31. The number of thioether (sulfide) groups is 1. The molecule has 2 rings (SSSR count). The van der Waals surface area contributed by atoms with Crippen LogP contribution in [-0.2, 0) is 0 Å². The molecule has 1 aliphatic heterocycles. The number of alkyl halides is 3. The van der Waals surface area contributed by atoms with Gasteiger partial charge in [-0.2, -0.15) is 13.2 Å². The highest BCUT2D eigenvalue weighted by Gasteiger charge is 2.33. The van der Waals surface area contributed by atoms with E-state index in [4.69, 9.17) is 0 Å². The van der Waals surface area contributed by atoms with Gasteiger partial charge in [-0.15, -0.1) is 0 Å². The van der Waals surface area contributed by atoms with E-state index < -0.39 is 11.7 Å². The van der Waals surface area contributed by atoms with Crippen LogP contribution in [0, 0.1) is 0 Å². The predicted octanol–water partition coefficient (Wildman–Crippen LogP) is 6.89. The van der Waals surface area contributed by atoms with Crippen LogP contribution in [0.15, 0.2) is 92.4 Å². The fourth-order valence-corrected chi connectivity index (χ4v) is 3.62. The Labute approximate surface area is 191 Å². The molecular weight excluding hydrogens is 435 g/mol. The van der Waals surface area contributed by atoms with Crippen molar-refractivity contribution in [1.82, 2.24) is 5.32 Å². The second-order valence-electron chi connectivity index (χ2n) is 6.42. The van der Waals surface area contributed by atoms with Gasteiger partial charge >= 0.3 is 6.18 Å². The second kappa shape index (κ2) is 12.9. The molecule has 0 aromatic heterocycles. The fraction of sp³-hybridized carbons (Fsp3) is 0.292. The Morgan fingerprint density at radius 2 is 1.91 bits per heavy atom. The zero-order chi connectivity index (χ0) is 24.3. The number of allylic oxidation sites excluding steroid dienone is 12. The van der Waals surface area contributed by atoms with Gasteiger partial charge in [0.05, 0.1) is 16.2 Å². The quantitative estimate of drug-likeness (QED) is 0.462. The van der Waals surface area contributed by atoms with Crippen LogP contribution in [0.1, 0.15) is 27.2 Å². The van der Waals surface area contributed by atoms with Crippen LogP contribution >= 0.6 is 11.8 Å². The Hall–Kier alpha value is -2.87. The summed E-state index contributed by atoms with van der Waals surface area (Å²) in [5.41, 5.74) is 2.69. The molecule has 1 aliphatic carbocycles. The van der Waals surface area contributed by atoms with Gasteiger partial charge < -0.3 is 5.32 Å². The van der Waals surface area contributed by atoms with Gasteiger partial charge in [0.1, 0.15) is 5.84 Å². The summed E-state index contributed by atoms with van der Waals surface area (Å²) >= 11 is 1.16. The molecule has 0 aromatic rings. The van der Waals surface area contributed by atoms with Crippen LogP contribution in [0.4, 0.5) is 18.0 Å². The van der Waals surface area contributed by atoms with Crippen molar-refractivity contribution in [3.8, 4) is 0 Å². The molecule has 0 atom stereocenters. The molecule has 1 fully saturated rings. The number of nitrogens with one attached hydrogen (secondary N) is 1. The molecule has 0 spiro atoms. The number of rotatable bonds is 4. The Bertz CT molecular complexity index is 975. The van der Waals surface area contributed by atoms with Gasteiger partial charge in [0, 0.05) is 14.1 Å². The number of hydrogen-bond acceptors (Lipinski definition) is 4. The lowest BCUT2D eigenvalue weighted by Crippen LogP contribution is -2.18. The molecule has 172 valence electrons. The molecule has 4 nitrogen and oxygen atoms in total. The molecule has 0 bridgehead atoms. The number of hydrogen-bond donors (Lipinski definition) is 1. The maximum atomic E-state index is 12.4. The van der Waals surface area contributed by atoms with Crippen LogP contribution in [0.3, 0.4) is 0 Å². The summed E-state index contributed by atoms with van der Waals surface area (Å²) < 4.78 is 37.1. The summed E-state index contributed by atoms with van der Waals surface area (Å²) in [6.07, 6.45) is 9.73. The minimum atomic E-state index is -4.29. The number of carbonyl (C=O) groups is 1. The topological polar surface area (TPSA) is 53.8 Å². The number of carbonyl (C=O) groups excluding carboxylic acids is 1. The molecule has 1 saturated heterocycles. The zero-order valence-corrected chi connectivity index (χ0v) is 19.7. The van der Waals surface area contributed by atoms with E-state index in [0.29, 0.717) is 12.3 Å². The maximum absolute atomic E-state index is 12.4. The van der Waals surface area contributed by atoms with Crippen molar-refractivity contribution in [1.29, 1.82) is 0 Å². The first kappa shape index (κ1) is 27.2. The van der Waals surface area contributed by atoms with Crippen molar-refractivity contribution in [2.45, 2.75) is 33.4 Å². The van der Waals surface area contributed by atoms with Gasteiger partial charge in [-0.3, -0.25) is 14.8 Å². The van der Waals surface area contributed by atoms with E-state index in [1.807, 2.05) is 37.3 Å². The van der Waals surface area contributed by atoms with Gasteiger partial charge in [0.15, 0.2) is 0 Å². The molecule has 8 heteroatoms. The van der Waals surface area contributed by atoms with Gasteiger partial charge in [-0.25, -0.2) is 0 Å². The second-order valence-corrected chi connectivity index (χ2v) is 7.43. The molecule has 0 aromatic carbocycles. The van der Waals surface area contributed by atoms with E-state index in [1.54, 1.807) is 27.9 Å². The smallest absolute Gasteiger partial charge is 0.300 e. The average molecular weight is 464 g/mol. The van der Waals surface area contributed by atoms with E-state index in [2.05, 4.69) is 21.9 Å². The molecule has 1 N–H and O–H groups in total. The molecule has 0 radical (unpaired) electrons. The number of halogens is 3. The Morgan fingerprint density at radius 1 is 1.22 bits per heavy atom. The van der Waals surface area contributed by atoms with Crippen molar-refractivity contribution in [3.63, 3.8) is 0 Å². The Kier molecular flexibility index (Phi) is 10.9. The summed E-state index contributed by atoms with van der Waals surface area (Å²) in [6, 6.07) is 0. The molecule has 0 saturated carbocycles. The third-order valence-electron chi connectivity index (χ3n) is 4.39. The van der Waals surface area contributed by atoms with Crippen LogP contribution in [0.5, 0.6) is 0 Å². The van der Waals surface area contributed by atoms with Gasteiger partial charge in [0.2, 0.25) is 0 Å². The first-order valence-corrected chi connectivity index (χ1v) is 10.7. The van der Waals surface area contributed by atoms with E-state index in [9.17, 15) is 18.0 Å². The molecular formula is C24H28F3N3OS. The average Bonchev–Trinajstić information content (AvgIpc) is 3.12. The Morgan fingerprint density at radius 3 is 2.38 bits per heavy atom. The van der Waals surface area contributed by atoms with E-state index in [0.717, 1.165) is 39.6 Å². The fourth-order valence-electron chi connectivity index (χ4n) is 2.84. The van der Waals surface area contributed by atoms with Gasteiger partial charge in [0.25, 0.3) is 5.24 Å². The van der Waals surface area contributed by atoms with Crippen LogP contribution in [0.25, 0.3) is 0 Å². The molecule has 32 heavy (non-hydrogen) atoms. The lowest BCUT2D eigenvalue weighted by atomic mass is 9.99. The van der Waals surface area contributed by atoms with Crippen molar-refractivity contribution in [2.24, 2.45) is 9.98 Å². The minimum Gasteiger partial charge on any atom is -0.300 e. The lowest BCUT2D eigenvalue weighted by Gasteiger charge is -2.11. The number of amidine groups is 1. The van der Waals surface area contributed by atoms with Gasteiger partial charge in [-0.05, 0) is 67.0 Å². The number of nitrogens with zero attached hydrogens (tertiary/aromatic N) is 2. The molecule has 1 amide bonds. The molecule has 1 heterocycles. The number of aliphatic imine (C=N–C) groups is 2. The Balaban J connectivity index is 0.000000347. The van der Waals surface area contributed by atoms with Crippen molar-refractivity contribution >= 4 is 28.5 Å². The highest BCUT2D eigenvalue weighted by molar-refractivity contribution is 8.18. The van der Waals surface area contributed by atoms with E-state index in [-0.39, 0.29) is 10.8 Å². The summed E-state index contributed by atoms with van der Waals surface area (Å²) in [4.78, 5) is 20.5. The predicted molar refractivity (Wildman–Crippen MR) is 130 cm³/mol. The SMILES string of the molecule is C/C=C1C=C(/C=C2\SC(=O)NC2=NC)C=CC/1=NC.C=C/C(CC)=C(\C=C/C)C(F)(F)F. The van der Waals surface area contributed by atoms with Crippen LogP contribution in [-0.4, -0.2) is 37.1 Å². The zero-order valence-electron chi connectivity index (χ0n) is 18.9. The third kappa shape index (κ3) is 7.67. The standard InChI is InChI=1S/C14H15N3OS.C10H13F3/c1-4-10-7-9(5-6-11(10)15-2)8-12-13(16-3)17-14(18)19-12;1-4-7-9(10(11,12)13)8(5-2)6-3/h4-8H,1-3H3,(H,16,17,18);4-5,7H,2,6H2,1,3H3/b10-4-,12-8-,15-11?;7-4-,9-8-.